The Morgan fingerprint density at radius 1 is 1.15 bits per heavy atom. The molecule has 0 saturated heterocycles. The first-order valence-corrected chi connectivity index (χ1v) is 7.01. The molecule has 1 atom stereocenters. The van der Waals surface area contributed by atoms with Gasteiger partial charge in [0.25, 0.3) is 0 Å². The van der Waals surface area contributed by atoms with Gasteiger partial charge in [0.15, 0.2) is 0 Å². The van der Waals surface area contributed by atoms with E-state index in [2.05, 4.69) is 26.1 Å². The van der Waals surface area contributed by atoms with Crippen LogP contribution in [0.5, 0.6) is 0 Å². The SMILES string of the molecule is CCNC(Cc1cccc(C(F)(F)F)c1)CC(C)(C)C. The van der Waals surface area contributed by atoms with E-state index in [1.165, 1.54) is 12.1 Å². The lowest BCUT2D eigenvalue weighted by Gasteiger charge is -2.27. The number of likely N-dealkylation sites (N-methyl/N-ethyl adjacent to an activating group) is 1. The third-order valence-corrected chi connectivity index (χ3v) is 3.09. The van der Waals surface area contributed by atoms with Gasteiger partial charge in [-0.15, -0.1) is 0 Å². The molecule has 0 amide bonds. The molecular weight excluding hydrogens is 263 g/mol. The van der Waals surface area contributed by atoms with Crippen LogP contribution in [0, 0.1) is 5.41 Å². The first-order valence-electron chi connectivity index (χ1n) is 7.01. The van der Waals surface area contributed by atoms with Crippen molar-refractivity contribution in [3.05, 3.63) is 35.4 Å². The Hall–Kier alpha value is -1.03. The monoisotopic (exact) mass is 287 g/mol. The van der Waals surface area contributed by atoms with E-state index in [0.717, 1.165) is 24.6 Å². The predicted molar refractivity (Wildman–Crippen MR) is 76.7 cm³/mol. The Balaban J connectivity index is 2.83. The Labute approximate surface area is 119 Å². The highest BCUT2D eigenvalue weighted by Crippen LogP contribution is 2.30. The van der Waals surface area contributed by atoms with E-state index < -0.39 is 11.7 Å². The predicted octanol–water partition coefficient (Wildman–Crippen LogP) is 4.66. The van der Waals surface area contributed by atoms with E-state index >= 15 is 0 Å². The van der Waals surface area contributed by atoms with Crippen LogP contribution in [0.1, 0.15) is 45.2 Å². The van der Waals surface area contributed by atoms with Crippen LogP contribution in [-0.4, -0.2) is 12.6 Å². The molecule has 1 unspecified atom stereocenters. The van der Waals surface area contributed by atoms with Gasteiger partial charge in [0.2, 0.25) is 0 Å². The molecular formula is C16H24F3N. The first-order chi connectivity index (χ1) is 9.12. The minimum absolute atomic E-state index is 0.147. The molecule has 1 N–H and O–H groups in total. The maximum Gasteiger partial charge on any atom is 0.416 e. The summed E-state index contributed by atoms with van der Waals surface area (Å²) in [5.41, 5.74) is 0.310. The number of hydrogen-bond acceptors (Lipinski definition) is 1. The summed E-state index contributed by atoms with van der Waals surface area (Å²) in [6, 6.07) is 5.83. The summed E-state index contributed by atoms with van der Waals surface area (Å²) < 4.78 is 38.1. The highest BCUT2D eigenvalue weighted by Gasteiger charge is 2.30. The third kappa shape index (κ3) is 5.95. The normalized spacial score (nSPS) is 14.3. The van der Waals surface area contributed by atoms with Crippen molar-refractivity contribution in [2.75, 3.05) is 6.54 Å². The quantitative estimate of drug-likeness (QED) is 0.830. The largest absolute Gasteiger partial charge is 0.416 e. The Kier molecular flexibility index (Phi) is 5.63. The Morgan fingerprint density at radius 2 is 1.80 bits per heavy atom. The lowest BCUT2D eigenvalue weighted by Crippen LogP contribution is -2.34. The number of nitrogens with one attached hydrogen (secondary N) is 1. The maximum atomic E-state index is 12.7. The molecule has 1 aromatic rings. The molecule has 0 aliphatic carbocycles. The third-order valence-electron chi connectivity index (χ3n) is 3.09. The van der Waals surface area contributed by atoms with E-state index in [9.17, 15) is 13.2 Å². The molecule has 1 rings (SSSR count). The van der Waals surface area contributed by atoms with Crippen molar-refractivity contribution in [2.24, 2.45) is 5.41 Å². The summed E-state index contributed by atoms with van der Waals surface area (Å²) in [6.45, 7) is 9.26. The van der Waals surface area contributed by atoms with Crippen molar-refractivity contribution in [1.29, 1.82) is 0 Å². The van der Waals surface area contributed by atoms with Gasteiger partial charge in [-0.2, -0.15) is 13.2 Å². The fraction of sp³-hybridized carbons (Fsp3) is 0.625. The highest BCUT2D eigenvalue weighted by molar-refractivity contribution is 5.26. The molecule has 20 heavy (non-hydrogen) atoms. The van der Waals surface area contributed by atoms with Crippen LogP contribution in [0.3, 0.4) is 0 Å². The number of hydrogen-bond donors (Lipinski definition) is 1. The molecule has 0 radical (unpaired) electrons. The fourth-order valence-electron chi connectivity index (χ4n) is 2.40. The van der Waals surface area contributed by atoms with E-state index in [4.69, 9.17) is 0 Å². The summed E-state index contributed by atoms with van der Waals surface area (Å²) in [4.78, 5) is 0. The van der Waals surface area contributed by atoms with Crippen molar-refractivity contribution in [2.45, 2.75) is 52.8 Å². The summed E-state index contributed by atoms with van der Waals surface area (Å²) in [5, 5.41) is 3.36. The number of rotatable bonds is 5. The van der Waals surface area contributed by atoms with Gasteiger partial charge in [0, 0.05) is 6.04 Å². The minimum atomic E-state index is -4.27. The zero-order chi connectivity index (χ0) is 15.4. The van der Waals surface area contributed by atoms with Crippen molar-refractivity contribution < 1.29 is 13.2 Å². The van der Waals surface area contributed by atoms with Crippen LogP contribution in [0.15, 0.2) is 24.3 Å². The molecule has 1 aromatic carbocycles. The summed E-state index contributed by atoms with van der Waals surface area (Å²) in [7, 11) is 0. The second-order valence-corrected chi connectivity index (χ2v) is 6.42. The van der Waals surface area contributed by atoms with Crippen LogP contribution in [-0.2, 0) is 12.6 Å². The van der Waals surface area contributed by atoms with E-state index in [1.54, 1.807) is 6.07 Å². The van der Waals surface area contributed by atoms with Gasteiger partial charge < -0.3 is 5.32 Å². The van der Waals surface area contributed by atoms with Crippen LogP contribution in [0.4, 0.5) is 13.2 Å². The van der Waals surface area contributed by atoms with Crippen molar-refractivity contribution in [1.82, 2.24) is 5.32 Å². The molecule has 1 nitrogen and oxygen atoms in total. The van der Waals surface area contributed by atoms with Gasteiger partial charge in [-0.1, -0.05) is 45.9 Å². The zero-order valence-electron chi connectivity index (χ0n) is 12.6. The second kappa shape index (κ2) is 6.61. The first kappa shape index (κ1) is 17.0. The van der Waals surface area contributed by atoms with Crippen LogP contribution >= 0.6 is 0 Å². The minimum Gasteiger partial charge on any atom is -0.314 e. The maximum absolute atomic E-state index is 12.7. The summed E-state index contributed by atoms with van der Waals surface area (Å²) >= 11 is 0. The van der Waals surface area contributed by atoms with Gasteiger partial charge in [-0.05, 0) is 36.4 Å². The molecule has 0 spiro atoms. The molecule has 0 saturated carbocycles. The highest BCUT2D eigenvalue weighted by atomic mass is 19.4. The van der Waals surface area contributed by atoms with Crippen molar-refractivity contribution in [3.8, 4) is 0 Å². The Morgan fingerprint density at radius 3 is 2.30 bits per heavy atom. The smallest absolute Gasteiger partial charge is 0.314 e. The van der Waals surface area contributed by atoms with Crippen molar-refractivity contribution >= 4 is 0 Å². The van der Waals surface area contributed by atoms with Crippen LogP contribution in [0.25, 0.3) is 0 Å². The van der Waals surface area contributed by atoms with E-state index in [-0.39, 0.29) is 11.5 Å². The molecule has 4 heteroatoms. The lowest BCUT2D eigenvalue weighted by atomic mass is 9.85. The molecule has 0 aromatic heterocycles. The summed E-state index contributed by atoms with van der Waals surface area (Å²) in [6.07, 6.45) is -2.72. The molecule has 114 valence electrons. The number of benzene rings is 1. The molecule has 0 bridgehead atoms. The fourth-order valence-corrected chi connectivity index (χ4v) is 2.40. The van der Waals surface area contributed by atoms with Crippen LogP contribution in [0.2, 0.25) is 0 Å². The lowest BCUT2D eigenvalue weighted by molar-refractivity contribution is -0.137. The molecule has 0 aliphatic heterocycles. The molecule has 0 fully saturated rings. The topological polar surface area (TPSA) is 12.0 Å². The van der Waals surface area contributed by atoms with Gasteiger partial charge in [-0.25, -0.2) is 0 Å². The van der Waals surface area contributed by atoms with Gasteiger partial charge in [0.1, 0.15) is 0 Å². The van der Waals surface area contributed by atoms with Gasteiger partial charge >= 0.3 is 6.18 Å². The van der Waals surface area contributed by atoms with Crippen LogP contribution < -0.4 is 5.32 Å². The number of alkyl halides is 3. The summed E-state index contributed by atoms with van der Waals surface area (Å²) in [5.74, 6) is 0. The zero-order valence-corrected chi connectivity index (χ0v) is 12.6. The Bertz CT molecular complexity index is 418. The average molecular weight is 287 g/mol. The van der Waals surface area contributed by atoms with Gasteiger partial charge in [0.05, 0.1) is 5.56 Å². The molecule has 0 heterocycles. The molecule has 0 aliphatic rings. The number of halogens is 3. The van der Waals surface area contributed by atoms with E-state index in [1.807, 2.05) is 6.92 Å². The average Bonchev–Trinajstić information content (AvgIpc) is 2.26. The standard InChI is InChI=1S/C16H24F3N/c1-5-20-14(11-15(2,3)4)10-12-7-6-8-13(9-12)16(17,18)19/h6-9,14,20H,5,10-11H2,1-4H3. The van der Waals surface area contributed by atoms with E-state index in [0.29, 0.717) is 6.42 Å². The van der Waals surface area contributed by atoms with Crippen molar-refractivity contribution in [3.63, 3.8) is 0 Å². The van der Waals surface area contributed by atoms with Gasteiger partial charge in [-0.3, -0.25) is 0 Å². The second-order valence-electron chi connectivity index (χ2n) is 6.42.